The zero-order chi connectivity index (χ0) is 20.7. The molecule has 28 heavy (non-hydrogen) atoms. The highest BCUT2D eigenvalue weighted by Gasteiger charge is 2.18. The van der Waals surface area contributed by atoms with Gasteiger partial charge in [0.15, 0.2) is 18.1 Å². The third-order valence-corrected chi connectivity index (χ3v) is 3.72. The van der Waals surface area contributed by atoms with Crippen LogP contribution in [0.5, 0.6) is 11.5 Å². The quantitative estimate of drug-likeness (QED) is 0.558. The number of halogens is 2. The molecule has 0 aliphatic carbocycles. The maximum atomic E-state index is 13.5. The number of benzene rings is 2. The minimum absolute atomic E-state index is 0.0332. The second kappa shape index (κ2) is 9.56. The Bertz CT molecular complexity index is 906. The van der Waals surface area contributed by atoms with E-state index in [0.29, 0.717) is 0 Å². The molecule has 0 heterocycles. The van der Waals surface area contributed by atoms with Gasteiger partial charge in [-0.2, -0.15) is 0 Å². The van der Waals surface area contributed by atoms with Gasteiger partial charge in [-0.15, -0.1) is 0 Å². The van der Waals surface area contributed by atoms with Crippen LogP contribution in [0.3, 0.4) is 0 Å². The van der Waals surface area contributed by atoms with Crippen molar-refractivity contribution in [2.24, 2.45) is 0 Å². The van der Waals surface area contributed by atoms with E-state index in [1.807, 2.05) is 10.9 Å². The molecule has 0 aromatic heterocycles. The SMILES string of the molecule is COc1cc(C(=O)OCC(=O)NNC(=O)c2ccccc2F)cc(Cl)c1OC. The Labute approximate surface area is 164 Å². The molecule has 0 saturated carbocycles. The predicted octanol–water partition coefficient (Wildman–Crippen LogP) is 2.11. The second-order valence-corrected chi connectivity index (χ2v) is 5.66. The molecule has 0 unspecified atom stereocenters. The van der Waals surface area contributed by atoms with Crippen LogP contribution < -0.4 is 20.3 Å². The summed E-state index contributed by atoms with van der Waals surface area (Å²) in [6.07, 6.45) is 0. The van der Waals surface area contributed by atoms with Crippen LogP contribution in [0.25, 0.3) is 0 Å². The van der Waals surface area contributed by atoms with E-state index in [1.165, 1.54) is 44.6 Å². The minimum atomic E-state index is -0.857. The molecule has 2 rings (SSSR count). The summed E-state index contributed by atoms with van der Waals surface area (Å²) in [5, 5.41) is 0.121. The van der Waals surface area contributed by atoms with Crippen molar-refractivity contribution in [1.29, 1.82) is 0 Å². The van der Waals surface area contributed by atoms with Gasteiger partial charge in [-0.05, 0) is 24.3 Å². The van der Waals surface area contributed by atoms with Crippen LogP contribution in [0.1, 0.15) is 20.7 Å². The number of amides is 2. The Morgan fingerprint density at radius 3 is 2.43 bits per heavy atom. The van der Waals surface area contributed by atoms with Crippen LogP contribution >= 0.6 is 11.6 Å². The Morgan fingerprint density at radius 1 is 1.07 bits per heavy atom. The predicted molar refractivity (Wildman–Crippen MR) is 96.8 cm³/mol. The normalized spacial score (nSPS) is 10.0. The summed E-state index contributed by atoms with van der Waals surface area (Å²) in [7, 11) is 2.76. The van der Waals surface area contributed by atoms with E-state index in [2.05, 4.69) is 0 Å². The molecule has 2 amide bonds. The number of ether oxygens (including phenoxy) is 3. The molecule has 0 spiro atoms. The first-order valence-corrected chi connectivity index (χ1v) is 8.17. The summed E-state index contributed by atoms with van der Waals surface area (Å²) in [4.78, 5) is 35.6. The van der Waals surface area contributed by atoms with E-state index in [0.717, 1.165) is 6.07 Å². The molecule has 10 heteroatoms. The van der Waals surface area contributed by atoms with Crippen molar-refractivity contribution in [2.75, 3.05) is 20.8 Å². The van der Waals surface area contributed by atoms with Gasteiger partial charge in [-0.3, -0.25) is 20.4 Å². The topological polar surface area (TPSA) is 103 Å². The Hall–Kier alpha value is -3.33. The fraction of sp³-hybridized carbons (Fsp3) is 0.167. The molecule has 2 N–H and O–H groups in total. The van der Waals surface area contributed by atoms with E-state index >= 15 is 0 Å². The zero-order valence-corrected chi connectivity index (χ0v) is 15.6. The fourth-order valence-corrected chi connectivity index (χ4v) is 2.41. The highest BCUT2D eigenvalue weighted by atomic mass is 35.5. The molecular weight excluding hydrogens is 395 g/mol. The van der Waals surface area contributed by atoms with Crippen LogP contribution in [-0.2, 0) is 9.53 Å². The van der Waals surface area contributed by atoms with Crippen LogP contribution in [0, 0.1) is 5.82 Å². The first kappa shape index (κ1) is 21.0. The highest BCUT2D eigenvalue weighted by Crippen LogP contribution is 2.36. The molecule has 0 saturated heterocycles. The van der Waals surface area contributed by atoms with Crippen LogP contribution in [0.15, 0.2) is 36.4 Å². The van der Waals surface area contributed by atoms with Gasteiger partial charge in [0.1, 0.15) is 5.82 Å². The number of hydrogen-bond donors (Lipinski definition) is 2. The summed E-state index contributed by atoms with van der Waals surface area (Å²) >= 11 is 6.01. The van der Waals surface area contributed by atoms with Crippen molar-refractivity contribution in [1.82, 2.24) is 10.9 Å². The molecule has 0 aliphatic heterocycles. The summed E-state index contributed by atoms with van der Waals surface area (Å²) in [5.41, 5.74) is 3.82. The number of rotatable bonds is 6. The number of nitrogens with one attached hydrogen (secondary N) is 2. The molecular formula is C18H16ClFN2O6. The maximum absolute atomic E-state index is 13.5. The van der Waals surface area contributed by atoms with Gasteiger partial charge in [0.25, 0.3) is 11.8 Å². The average molecular weight is 411 g/mol. The van der Waals surface area contributed by atoms with Gasteiger partial charge in [0.05, 0.1) is 30.4 Å². The molecule has 148 valence electrons. The molecule has 2 aromatic carbocycles. The van der Waals surface area contributed by atoms with E-state index in [4.69, 9.17) is 25.8 Å². The molecule has 0 radical (unpaired) electrons. The highest BCUT2D eigenvalue weighted by molar-refractivity contribution is 6.32. The molecule has 2 aromatic rings. The minimum Gasteiger partial charge on any atom is -0.493 e. The van der Waals surface area contributed by atoms with Crippen molar-refractivity contribution in [3.05, 3.63) is 58.4 Å². The number of hydrogen-bond acceptors (Lipinski definition) is 6. The number of esters is 1. The fourth-order valence-electron chi connectivity index (χ4n) is 2.13. The van der Waals surface area contributed by atoms with Gasteiger partial charge in [-0.25, -0.2) is 9.18 Å². The van der Waals surface area contributed by atoms with Crippen LogP contribution in [-0.4, -0.2) is 38.6 Å². The number of hydrazine groups is 1. The standard InChI is InChI=1S/C18H16ClFN2O6/c1-26-14-8-10(7-12(19)16(14)27-2)18(25)28-9-15(23)21-22-17(24)11-5-3-4-6-13(11)20/h3-8H,9H2,1-2H3,(H,21,23)(H,22,24). The largest absolute Gasteiger partial charge is 0.493 e. The number of carbonyl (C=O) groups excluding carboxylic acids is 3. The van der Waals surface area contributed by atoms with Gasteiger partial charge < -0.3 is 14.2 Å². The lowest BCUT2D eigenvalue weighted by molar-refractivity contribution is -0.125. The molecule has 0 fully saturated rings. The van der Waals surface area contributed by atoms with Gasteiger partial charge >= 0.3 is 5.97 Å². The van der Waals surface area contributed by atoms with Crippen molar-refractivity contribution in [3.8, 4) is 11.5 Å². The van der Waals surface area contributed by atoms with Crippen molar-refractivity contribution < 1.29 is 33.0 Å². The van der Waals surface area contributed by atoms with Gasteiger partial charge in [0.2, 0.25) is 0 Å². The van der Waals surface area contributed by atoms with E-state index < -0.39 is 30.2 Å². The molecule has 8 nitrogen and oxygen atoms in total. The van der Waals surface area contributed by atoms with Crippen molar-refractivity contribution in [3.63, 3.8) is 0 Å². The molecule has 0 bridgehead atoms. The maximum Gasteiger partial charge on any atom is 0.338 e. The summed E-state index contributed by atoms with van der Waals surface area (Å²) in [6, 6.07) is 7.87. The lowest BCUT2D eigenvalue weighted by Gasteiger charge is -2.12. The number of carbonyl (C=O) groups is 3. The van der Waals surface area contributed by atoms with Gasteiger partial charge in [0, 0.05) is 0 Å². The summed E-state index contributed by atoms with van der Waals surface area (Å²) in [5.74, 6) is -2.82. The smallest absolute Gasteiger partial charge is 0.338 e. The average Bonchev–Trinajstić information content (AvgIpc) is 2.69. The molecule has 0 atom stereocenters. The monoisotopic (exact) mass is 410 g/mol. The third-order valence-electron chi connectivity index (χ3n) is 3.44. The Balaban J connectivity index is 1.90. The summed E-state index contributed by atoms with van der Waals surface area (Å²) < 4.78 is 28.5. The second-order valence-electron chi connectivity index (χ2n) is 5.25. The lowest BCUT2D eigenvalue weighted by atomic mass is 10.2. The lowest BCUT2D eigenvalue weighted by Crippen LogP contribution is -2.43. The molecule has 0 aliphatic rings. The summed E-state index contributed by atoms with van der Waals surface area (Å²) in [6.45, 7) is -0.692. The van der Waals surface area contributed by atoms with Gasteiger partial charge in [-0.1, -0.05) is 23.7 Å². The van der Waals surface area contributed by atoms with Crippen molar-refractivity contribution >= 4 is 29.4 Å². The van der Waals surface area contributed by atoms with E-state index in [-0.39, 0.29) is 27.6 Å². The van der Waals surface area contributed by atoms with E-state index in [1.54, 1.807) is 0 Å². The third kappa shape index (κ3) is 5.10. The Morgan fingerprint density at radius 2 is 1.79 bits per heavy atom. The first-order chi connectivity index (χ1) is 13.4. The van der Waals surface area contributed by atoms with Crippen LogP contribution in [0.2, 0.25) is 5.02 Å². The van der Waals surface area contributed by atoms with E-state index in [9.17, 15) is 18.8 Å². The Kier molecular flexibility index (Phi) is 7.16. The van der Waals surface area contributed by atoms with Crippen molar-refractivity contribution in [2.45, 2.75) is 0 Å². The van der Waals surface area contributed by atoms with Crippen LogP contribution in [0.4, 0.5) is 4.39 Å². The zero-order valence-electron chi connectivity index (χ0n) is 14.9. The first-order valence-electron chi connectivity index (χ1n) is 7.79. The number of methoxy groups -OCH3 is 2.